The molecule has 0 fully saturated rings. The van der Waals surface area contributed by atoms with Crippen LogP contribution in [0, 0.1) is 12.7 Å². The number of rotatable bonds is 4. The van der Waals surface area contributed by atoms with Crippen molar-refractivity contribution in [2.45, 2.75) is 23.3 Å². The third-order valence-corrected chi connectivity index (χ3v) is 6.66. The number of sulfone groups is 1. The maximum absolute atomic E-state index is 13.3. The molecule has 1 aromatic carbocycles. The van der Waals surface area contributed by atoms with E-state index in [2.05, 4.69) is 11.6 Å². The zero-order valence-electron chi connectivity index (χ0n) is 16.0. The van der Waals surface area contributed by atoms with E-state index in [1.54, 1.807) is 12.3 Å². The quantitative estimate of drug-likeness (QED) is 0.234. The van der Waals surface area contributed by atoms with Crippen molar-refractivity contribution >= 4 is 32.3 Å². The Kier molecular flexibility index (Phi) is 4.62. The lowest BCUT2D eigenvalue weighted by atomic mass is 10.2. The van der Waals surface area contributed by atoms with Gasteiger partial charge in [-0.1, -0.05) is 23.7 Å². The third-order valence-electron chi connectivity index (χ3n) is 4.86. The molecule has 0 amide bonds. The van der Waals surface area contributed by atoms with Gasteiger partial charge in [0.1, 0.15) is 16.1 Å². The number of pyridine rings is 2. The highest BCUT2D eigenvalue weighted by Gasteiger charge is 2.29. The average molecular weight is 425 g/mol. The van der Waals surface area contributed by atoms with Crippen molar-refractivity contribution in [1.82, 2.24) is 9.38 Å². The average Bonchev–Trinajstić information content (AvgIpc) is 2.71. The molecule has 4 aromatic rings. The first kappa shape index (κ1) is 19.7. The van der Waals surface area contributed by atoms with E-state index in [-0.39, 0.29) is 33.2 Å². The number of fused-ring (bicyclic) bond motifs is 2. The minimum atomic E-state index is -4.12. The molecular weight excluding hydrogens is 407 g/mol. The SMILES string of the molecule is C=CC[n+]1c(N)c(S(=O)(=O)c2ccc(F)cc2)cc2c(=O)n3cccc(C)c3nc21. The number of hydrogen-bond acceptors (Lipinski definition) is 5. The van der Waals surface area contributed by atoms with Gasteiger partial charge >= 0.3 is 0 Å². The molecule has 0 saturated carbocycles. The summed E-state index contributed by atoms with van der Waals surface area (Å²) in [5.41, 5.74) is 7.29. The minimum absolute atomic E-state index is 0.0865. The Balaban J connectivity index is 2.14. The number of aromatic nitrogens is 3. The van der Waals surface area contributed by atoms with Crippen molar-refractivity contribution in [3.8, 4) is 0 Å². The van der Waals surface area contributed by atoms with Gasteiger partial charge in [-0.05, 0) is 43.3 Å². The smallest absolute Gasteiger partial charge is 0.278 e. The molecule has 3 heterocycles. The highest BCUT2D eigenvalue weighted by molar-refractivity contribution is 7.91. The lowest BCUT2D eigenvalue weighted by Crippen LogP contribution is -2.41. The number of nitrogen functional groups attached to an aromatic ring is 1. The van der Waals surface area contributed by atoms with Crippen molar-refractivity contribution in [1.29, 1.82) is 0 Å². The number of benzene rings is 1. The fourth-order valence-corrected chi connectivity index (χ4v) is 4.76. The predicted molar refractivity (Wildman–Crippen MR) is 110 cm³/mol. The lowest BCUT2D eigenvalue weighted by Gasteiger charge is -2.12. The summed E-state index contributed by atoms with van der Waals surface area (Å²) in [4.78, 5) is 17.4. The molecule has 0 radical (unpaired) electrons. The Morgan fingerprint density at radius 1 is 1.27 bits per heavy atom. The summed E-state index contributed by atoms with van der Waals surface area (Å²) >= 11 is 0. The maximum atomic E-state index is 13.3. The molecular formula is C21H18FN4O3S+. The first-order chi connectivity index (χ1) is 14.3. The number of aryl methyl sites for hydroxylation is 1. The van der Waals surface area contributed by atoms with E-state index >= 15 is 0 Å². The molecule has 3 aromatic heterocycles. The molecule has 0 aliphatic carbocycles. The summed E-state index contributed by atoms with van der Waals surface area (Å²) < 4.78 is 42.5. The van der Waals surface area contributed by atoms with E-state index < -0.39 is 21.2 Å². The zero-order chi connectivity index (χ0) is 21.6. The van der Waals surface area contributed by atoms with Crippen LogP contribution in [0.25, 0.3) is 16.7 Å². The minimum Gasteiger partial charge on any atom is -0.317 e. The molecule has 0 aliphatic heterocycles. The molecule has 0 spiro atoms. The van der Waals surface area contributed by atoms with Gasteiger partial charge in [-0.15, -0.1) is 0 Å². The van der Waals surface area contributed by atoms with Crippen LogP contribution < -0.4 is 15.9 Å². The summed E-state index contributed by atoms with van der Waals surface area (Å²) in [5, 5.41) is 0.0924. The molecule has 7 nitrogen and oxygen atoms in total. The molecule has 30 heavy (non-hydrogen) atoms. The van der Waals surface area contributed by atoms with Crippen molar-refractivity contribution in [3.05, 3.63) is 83.1 Å². The molecule has 4 rings (SSSR count). The van der Waals surface area contributed by atoms with Crippen LogP contribution >= 0.6 is 0 Å². The summed E-state index contributed by atoms with van der Waals surface area (Å²) in [7, 11) is -4.12. The fraction of sp³-hybridized carbons (Fsp3) is 0.0952. The second kappa shape index (κ2) is 7.03. The van der Waals surface area contributed by atoms with Gasteiger partial charge in [0.15, 0.2) is 0 Å². The Hall–Kier alpha value is -3.59. The second-order valence-corrected chi connectivity index (χ2v) is 8.71. The van der Waals surface area contributed by atoms with E-state index in [1.165, 1.54) is 21.1 Å². The lowest BCUT2D eigenvalue weighted by molar-refractivity contribution is -0.649. The van der Waals surface area contributed by atoms with Crippen LogP contribution in [0.4, 0.5) is 10.2 Å². The van der Waals surface area contributed by atoms with Crippen LogP contribution in [0.15, 0.2) is 75.9 Å². The van der Waals surface area contributed by atoms with Gasteiger partial charge in [0.05, 0.1) is 11.4 Å². The highest BCUT2D eigenvalue weighted by atomic mass is 32.2. The largest absolute Gasteiger partial charge is 0.317 e. The Labute approximate surface area is 171 Å². The molecule has 0 bridgehead atoms. The van der Waals surface area contributed by atoms with Gasteiger partial charge in [0.2, 0.25) is 21.3 Å². The van der Waals surface area contributed by atoms with Crippen LogP contribution in [-0.4, -0.2) is 17.8 Å². The number of nitrogens with zero attached hydrogens (tertiary/aromatic N) is 3. The van der Waals surface area contributed by atoms with Gasteiger partial charge in [-0.3, -0.25) is 9.20 Å². The Bertz CT molecular complexity index is 1490. The number of nitrogens with two attached hydrogens (primary N) is 1. The molecule has 0 unspecified atom stereocenters. The van der Waals surface area contributed by atoms with Crippen molar-refractivity contribution < 1.29 is 17.4 Å². The van der Waals surface area contributed by atoms with Gasteiger partial charge < -0.3 is 5.73 Å². The number of anilines is 1. The van der Waals surface area contributed by atoms with E-state index in [1.807, 2.05) is 13.0 Å². The third kappa shape index (κ3) is 2.94. The fourth-order valence-electron chi connectivity index (χ4n) is 3.35. The summed E-state index contributed by atoms with van der Waals surface area (Å²) in [5.74, 6) is -0.650. The molecule has 152 valence electrons. The van der Waals surface area contributed by atoms with Crippen LogP contribution in [0.1, 0.15) is 5.56 Å². The number of hydrogen-bond donors (Lipinski definition) is 1. The van der Waals surface area contributed by atoms with Crippen molar-refractivity contribution in [2.24, 2.45) is 0 Å². The van der Waals surface area contributed by atoms with E-state index in [9.17, 15) is 17.6 Å². The molecule has 2 N–H and O–H groups in total. The zero-order valence-corrected chi connectivity index (χ0v) is 16.9. The number of allylic oxidation sites excluding steroid dienone is 1. The molecule has 0 atom stereocenters. The van der Waals surface area contributed by atoms with Gasteiger partial charge in [-0.2, -0.15) is 0 Å². The monoisotopic (exact) mass is 425 g/mol. The van der Waals surface area contributed by atoms with Crippen LogP contribution in [0.5, 0.6) is 0 Å². The normalized spacial score (nSPS) is 11.8. The first-order valence-corrected chi connectivity index (χ1v) is 10.5. The summed E-state index contributed by atoms with van der Waals surface area (Å²) in [6.07, 6.45) is 3.10. The molecule has 9 heteroatoms. The van der Waals surface area contributed by atoms with E-state index in [0.29, 0.717) is 5.65 Å². The van der Waals surface area contributed by atoms with Crippen molar-refractivity contribution in [2.75, 3.05) is 5.73 Å². The Morgan fingerprint density at radius 2 is 1.97 bits per heavy atom. The second-order valence-electron chi connectivity index (χ2n) is 6.79. The van der Waals surface area contributed by atoms with Gasteiger partial charge in [-0.25, -0.2) is 17.4 Å². The number of halogens is 1. The van der Waals surface area contributed by atoms with E-state index in [0.717, 1.165) is 29.8 Å². The van der Waals surface area contributed by atoms with Gasteiger partial charge in [0.25, 0.3) is 11.2 Å². The predicted octanol–water partition coefficient (Wildman–Crippen LogP) is 2.18. The molecule has 0 aliphatic rings. The standard InChI is InChI=1S/C21H17FN4O3S/c1-3-10-25-18(23)17(30(28,29)15-8-6-14(22)7-9-15)12-16-20(25)24-19-13(2)5-4-11-26(19)21(16)27/h3-9,11-12,23H,1,10H2,2H3/p+1. The highest BCUT2D eigenvalue weighted by Crippen LogP contribution is 2.26. The van der Waals surface area contributed by atoms with Crippen LogP contribution in [0.3, 0.4) is 0 Å². The van der Waals surface area contributed by atoms with Crippen LogP contribution in [0.2, 0.25) is 0 Å². The van der Waals surface area contributed by atoms with Gasteiger partial charge in [0, 0.05) is 11.8 Å². The Morgan fingerprint density at radius 3 is 2.63 bits per heavy atom. The maximum Gasteiger partial charge on any atom is 0.278 e. The molecule has 0 saturated heterocycles. The first-order valence-electron chi connectivity index (χ1n) is 9.01. The topological polar surface area (TPSA) is 98.4 Å². The summed E-state index contributed by atoms with van der Waals surface area (Å²) in [6, 6.07) is 9.17. The van der Waals surface area contributed by atoms with Crippen LogP contribution in [-0.2, 0) is 16.4 Å². The summed E-state index contributed by atoms with van der Waals surface area (Å²) in [6.45, 7) is 5.65. The van der Waals surface area contributed by atoms with E-state index in [4.69, 9.17) is 5.73 Å². The van der Waals surface area contributed by atoms with Crippen molar-refractivity contribution in [3.63, 3.8) is 0 Å².